The van der Waals surface area contributed by atoms with E-state index in [1.807, 2.05) is 42.6 Å². The van der Waals surface area contributed by atoms with Crippen molar-refractivity contribution in [1.82, 2.24) is 9.88 Å². The summed E-state index contributed by atoms with van der Waals surface area (Å²) in [5.74, 6) is 1.92. The van der Waals surface area contributed by atoms with Crippen molar-refractivity contribution in [3.05, 3.63) is 23.4 Å². The molecule has 20 heavy (non-hydrogen) atoms. The van der Waals surface area contributed by atoms with Gasteiger partial charge in [-0.3, -0.25) is 4.79 Å². The topological polar surface area (TPSA) is 45.2 Å². The molecule has 0 spiro atoms. The first-order valence-electron chi connectivity index (χ1n) is 7.18. The van der Waals surface area contributed by atoms with E-state index < -0.39 is 0 Å². The van der Waals surface area contributed by atoms with Crippen LogP contribution in [0.25, 0.3) is 0 Å². The third kappa shape index (κ3) is 3.26. The Morgan fingerprint density at radius 3 is 2.95 bits per heavy atom. The molecule has 1 aromatic rings. The molecule has 0 aliphatic carbocycles. The SMILES string of the molecule is CCNc1cc(C(=O)N2CCSC(C)C2C)cc(C)n1. The minimum atomic E-state index is 0.120. The maximum Gasteiger partial charge on any atom is 0.254 e. The monoisotopic (exact) mass is 293 g/mol. The summed E-state index contributed by atoms with van der Waals surface area (Å²) in [5, 5.41) is 3.67. The molecule has 1 N–H and O–H groups in total. The molecule has 0 bridgehead atoms. The molecule has 1 aliphatic heterocycles. The molecule has 0 radical (unpaired) electrons. The molecule has 2 atom stereocenters. The number of aryl methyl sites for hydroxylation is 1. The van der Waals surface area contributed by atoms with Gasteiger partial charge >= 0.3 is 0 Å². The Balaban J connectivity index is 2.23. The summed E-state index contributed by atoms with van der Waals surface area (Å²) in [6.45, 7) is 9.91. The van der Waals surface area contributed by atoms with E-state index in [4.69, 9.17) is 0 Å². The van der Waals surface area contributed by atoms with E-state index in [2.05, 4.69) is 24.1 Å². The van der Waals surface area contributed by atoms with E-state index in [-0.39, 0.29) is 11.9 Å². The van der Waals surface area contributed by atoms with Crippen molar-refractivity contribution in [2.45, 2.75) is 39.0 Å². The van der Waals surface area contributed by atoms with Gasteiger partial charge in [0, 0.05) is 41.4 Å². The number of anilines is 1. The highest BCUT2D eigenvalue weighted by molar-refractivity contribution is 8.00. The van der Waals surface area contributed by atoms with E-state index in [0.717, 1.165) is 35.9 Å². The van der Waals surface area contributed by atoms with E-state index in [1.165, 1.54) is 0 Å². The zero-order valence-electron chi connectivity index (χ0n) is 12.6. The highest BCUT2D eigenvalue weighted by atomic mass is 32.2. The van der Waals surface area contributed by atoms with Crippen LogP contribution in [-0.2, 0) is 0 Å². The minimum absolute atomic E-state index is 0.120. The van der Waals surface area contributed by atoms with Gasteiger partial charge in [0.1, 0.15) is 5.82 Å². The molecular weight excluding hydrogens is 270 g/mol. The number of pyridine rings is 1. The second-order valence-electron chi connectivity index (χ2n) is 5.23. The fourth-order valence-corrected chi connectivity index (χ4v) is 3.55. The summed E-state index contributed by atoms with van der Waals surface area (Å²) in [6, 6.07) is 4.01. The largest absolute Gasteiger partial charge is 0.370 e. The van der Waals surface area contributed by atoms with Crippen molar-refractivity contribution >= 4 is 23.5 Å². The molecule has 0 saturated carbocycles. The number of aromatic nitrogens is 1. The minimum Gasteiger partial charge on any atom is -0.370 e. The molecular formula is C15H23N3OS. The average molecular weight is 293 g/mol. The standard InChI is InChI=1S/C15H23N3OS/c1-5-16-14-9-13(8-10(2)17-14)15(19)18-6-7-20-12(4)11(18)3/h8-9,11-12H,5-7H2,1-4H3,(H,16,17). The van der Waals surface area contributed by atoms with Gasteiger partial charge in [-0.2, -0.15) is 11.8 Å². The maximum atomic E-state index is 12.7. The van der Waals surface area contributed by atoms with Gasteiger partial charge in [0.2, 0.25) is 0 Å². The number of carbonyl (C=O) groups is 1. The van der Waals surface area contributed by atoms with Crippen molar-refractivity contribution < 1.29 is 4.79 Å². The number of hydrogen-bond acceptors (Lipinski definition) is 4. The average Bonchev–Trinajstić information content (AvgIpc) is 2.41. The van der Waals surface area contributed by atoms with Crippen molar-refractivity contribution in [1.29, 1.82) is 0 Å². The molecule has 2 unspecified atom stereocenters. The molecule has 5 heteroatoms. The van der Waals surface area contributed by atoms with E-state index >= 15 is 0 Å². The van der Waals surface area contributed by atoms with Crippen molar-refractivity contribution in [3.63, 3.8) is 0 Å². The van der Waals surface area contributed by atoms with Crippen LogP contribution < -0.4 is 5.32 Å². The smallest absolute Gasteiger partial charge is 0.254 e. The Hall–Kier alpha value is -1.23. The number of nitrogens with zero attached hydrogens (tertiary/aromatic N) is 2. The Labute approximate surface area is 125 Å². The van der Waals surface area contributed by atoms with Crippen molar-refractivity contribution in [2.75, 3.05) is 24.2 Å². The Bertz CT molecular complexity index is 492. The second-order valence-corrected chi connectivity index (χ2v) is 6.71. The third-order valence-corrected chi connectivity index (χ3v) is 5.04. The van der Waals surface area contributed by atoms with Gasteiger partial charge < -0.3 is 10.2 Å². The molecule has 1 saturated heterocycles. The van der Waals surface area contributed by atoms with Gasteiger partial charge in [-0.05, 0) is 32.9 Å². The van der Waals surface area contributed by atoms with E-state index in [1.54, 1.807) is 0 Å². The highest BCUT2D eigenvalue weighted by Crippen LogP contribution is 2.26. The van der Waals surface area contributed by atoms with Crippen LogP contribution in [0.2, 0.25) is 0 Å². The molecule has 110 valence electrons. The van der Waals surface area contributed by atoms with Gasteiger partial charge in [-0.1, -0.05) is 6.92 Å². The van der Waals surface area contributed by atoms with Crippen LogP contribution in [-0.4, -0.2) is 45.9 Å². The molecule has 4 nitrogen and oxygen atoms in total. The highest BCUT2D eigenvalue weighted by Gasteiger charge is 2.29. The van der Waals surface area contributed by atoms with Crippen molar-refractivity contribution in [3.8, 4) is 0 Å². The number of nitrogens with one attached hydrogen (secondary N) is 1. The summed E-state index contributed by atoms with van der Waals surface area (Å²) in [5.41, 5.74) is 1.61. The quantitative estimate of drug-likeness (QED) is 0.931. The number of hydrogen-bond donors (Lipinski definition) is 1. The summed E-state index contributed by atoms with van der Waals surface area (Å²) >= 11 is 1.94. The lowest BCUT2D eigenvalue weighted by Gasteiger charge is -2.37. The van der Waals surface area contributed by atoms with Crippen molar-refractivity contribution in [2.24, 2.45) is 0 Å². The lowest BCUT2D eigenvalue weighted by Crippen LogP contribution is -2.48. The molecule has 2 heterocycles. The van der Waals surface area contributed by atoms with Gasteiger partial charge in [0.25, 0.3) is 5.91 Å². The number of amides is 1. The van der Waals surface area contributed by atoms with E-state index in [0.29, 0.717) is 5.25 Å². The third-order valence-electron chi connectivity index (χ3n) is 3.70. The second kappa shape index (κ2) is 6.48. The predicted molar refractivity (Wildman–Crippen MR) is 85.6 cm³/mol. The summed E-state index contributed by atoms with van der Waals surface area (Å²) in [4.78, 5) is 19.1. The van der Waals surface area contributed by atoms with Crippen LogP contribution in [0.3, 0.4) is 0 Å². The molecule has 2 rings (SSSR count). The molecule has 1 fully saturated rings. The lowest BCUT2D eigenvalue weighted by atomic mass is 10.1. The lowest BCUT2D eigenvalue weighted by molar-refractivity contribution is 0.0698. The first kappa shape index (κ1) is 15.2. The number of carbonyl (C=O) groups excluding carboxylic acids is 1. The Morgan fingerprint density at radius 1 is 1.50 bits per heavy atom. The van der Waals surface area contributed by atoms with Crippen LogP contribution in [0.15, 0.2) is 12.1 Å². The molecule has 1 aliphatic rings. The number of rotatable bonds is 3. The van der Waals surface area contributed by atoms with E-state index in [9.17, 15) is 4.79 Å². The maximum absolute atomic E-state index is 12.7. The zero-order valence-corrected chi connectivity index (χ0v) is 13.5. The summed E-state index contributed by atoms with van der Waals surface area (Å²) in [7, 11) is 0. The fraction of sp³-hybridized carbons (Fsp3) is 0.600. The van der Waals surface area contributed by atoms with Gasteiger partial charge in [0.05, 0.1) is 0 Å². The van der Waals surface area contributed by atoms with Gasteiger partial charge in [0.15, 0.2) is 0 Å². The molecule has 0 aromatic carbocycles. The summed E-state index contributed by atoms with van der Waals surface area (Å²) < 4.78 is 0. The normalized spacial score (nSPS) is 22.7. The van der Waals surface area contributed by atoms with Crippen LogP contribution in [0.4, 0.5) is 5.82 Å². The van der Waals surface area contributed by atoms with Crippen LogP contribution in [0.1, 0.15) is 36.8 Å². The van der Waals surface area contributed by atoms with Crippen LogP contribution in [0.5, 0.6) is 0 Å². The first-order valence-corrected chi connectivity index (χ1v) is 8.23. The fourth-order valence-electron chi connectivity index (χ4n) is 2.45. The Morgan fingerprint density at radius 2 is 2.25 bits per heavy atom. The molecule has 1 aromatic heterocycles. The number of thioether (sulfide) groups is 1. The van der Waals surface area contributed by atoms with Crippen LogP contribution >= 0.6 is 11.8 Å². The van der Waals surface area contributed by atoms with Gasteiger partial charge in [-0.25, -0.2) is 4.98 Å². The zero-order chi connectivity index (χ0) is 14.7. The first-order chi connectivity index (χ1) is 9.52. The van der Waals surface area contributed by atoms with Gasteiger partial charge in [-0.15, -0.1) is 0 Å². The van der Waals surface area contributed by atoms with Crippen LogP contribution in [0, 0.1) is 6.92 Å². The Kier molecular flexibility index (Phi) is 4.91. The summed E-state index contributed by atoms with van der Waals surface area (Å²) in [6.07, 6.45) is 0. The molecule has 1 amide bonds. The predicted octanol–water partition coefficient (Wildman–Crippen LogP) is 2.79.